The molecule has 6 heteroatoms. The van der Waals surface area contributed by atoms with E-state index < -0.39 is 0 Å². The van der Waals surface area contributed by atoms with Gasteiger partial charge in [-0.05, 0) is 12.5 Å². The van der Waals surface area contributed by atoms with Gasteiger partial charge in [0.1, 0.15) is 5.82 Å². The highest BCUT2D eigenvalue weighted by molar-refractivity contribution is 5.76. The van der Waals surface area contributed by atoms with Gasteiger partial charge >= 0.3 is 0 Å². The van der Waals surface area contributed by atoms with E-state index in [0.29, 0.717) is 18.8 Å². The van der Waals surface area contributed by atoms with Gasteiger partial charge in [-0.25, -0.2) is 4.98 Å². The summed E-state index contributed by atoms with van der Waals surface area (Å²) >= 11 is 0. The van der Waals surface area contributed by atoms with E-state index >= 15 is 0 Å². The number of hydrogen-bond acceptors (Lipinski definition) is 5. The van der Waals surface area contributed by atoms with E-state index in [-0.39, 0.29) is 11.9 Å². The molecule has 0 aliphatic carbocycles. The molecule has 1 aromatic rings. The van der Waals surface area contributed by atoms with Crippen LogP contribution in [0.25, 0.3) is 0 Å². The fourth-order valence-corrected chi connectivity index (χ4v) is 1.13. The number of anilines is 2. The molecule has 0 saturated carbocycles. The lowest BCUT2D eigenvalue weighted by Gasteiger charge is -2.06. The Labute approximate surface area is 94.7 Å². The third-order valence-corrected chi connectivity index (χ3v) is 1.90. The minimum Gasteiger partial charge on any atom is -0.369 e. The molecule has 4 N–H and O–H groups in total. The minimum atomic E-state index is 0.0383. The molecule has 0 radical (unpaired) electrons. The van der Waals surface area contributed by atoms with Crippen molar-refractivity contribution in [2.75, 3.05) is 24.1 Å². The number of nitrogens with two attached hydrogens (primary N) is 1. The van der Waals surface area contributed by atoms with Crippen molar-refractivity contribution in [1.82, 2.24) is 15.3 Å². The van der Waals surface area contributed by atoms with E-state index in [1.165, 1.54) is 0 Å². The summed E-state index contributed by atoms with van der Waals surface area (Å²) in [5, 5.41) is 5.79. The number of carbonyl (C=O) groups excluding carboxylic acids is 1. The van der Waals surface area contributed by atoms with Gasteiger partial charge in [0, 0.05) is 25.7 Å². The van der Waals surface area contributed by atoms with Crippen LogP contribution in [0, 0.1) is 0 Å². The van der Waals surface area contributed by atoms with Crippen LogP contribution in [0.3, 0.4) is 0 Å². The number of rotatable bonds is 6. The topological polar surface area (TPSA) is 92.9 Å². The second kappa shape index (κ2) is 6.60. The van der Waals surface area contributed by atoms with E-state index in [9.17, 15) is 4.79 Å². The third kappa shape index (κ3) is 4.59. The molecule has 1 heterocycles. The number of nitrogen functional groups attached to an aromatic ring is 1. The Balaban J connectivity index is 2.22. The molecule has 1 rings (SSSR count). The standard InChI is InChI=1S/C10H17N5O/c1-2-5-13-9(16)4-7-12-8-3-6-14-10(11)15-8/h3,6H,2,4-5,7H2,1H3,(H,13,16)(H3,11,12,14,15). The van der Waals surface area contributed by atoms with Crippen molar-refractivity contribution in [3.8, 4) is 0 Å². The SMILES string of the molecule is CCCNC(=O)CCNc1ccnc(N)n1. The number of nitrogens with zero attached hydrogens (tertiary/aromatic N) is 2. The zero-order valence-electron chi connectivity index (χ0n) is 9.36. The first-order chi connectivity index (χ1) is 7.72. The number of carbonyl (C=O) groups is 1. The number of aromatic nitrogens is 2. The normalized spacial score (nSPS) is 9.81. The van der Waals surface area contributed by atoms with Crippen LogP contribution in [-0.4, -0.2) is 29.0 Å². The minimum absolute atomic E-state index is 0.0383. The van der Waals surface area contributed by atoms with Crippen molar-refractivity contribution in [3.63, 3.8) is 0 Å². The Bertz CT molecular complexity index is 342. The average Bonchev–Trinajstić information content (AvgIpc) is 2.26. The fourth-order valence-electron chi connectivity index (χ4n) is 1.13. The van der Waals surface area contributed by atoms with E-state index in [1.54, 1.807) is 12.3 Å². The molecule has 0 aromatic carbocycles. The van der Waals surface area contributed by atoms with Crippen LogP contribution < -0.4 is 16.4 Å². The molecule has 0 spiro atoms. The predicted molar refractivity (Wildman–Crippen MR) is 62.9 cm³/mol. The van der Waals surface area contributed by atoms with Gasteiger partial charge in [-0.15, -0.1) is 0 Å². The molecule has 88 valence electrons. The van der Waals surface area contributed by atoms with E-state index in [1.807, 2.05) is 6.92 Å². The van der Waals surface area contributed by atoms with Gasteiger partial charge in [0.2, 0.25) is 11.9 Å². The summed E-state index contributed by atoms with van der Waals surface area (Å²) in [4.78, 5) is 19.0. The molecule has 0 atom stereocenters. The van der Waals surface area contributed by atoms with Gasteiger partial charge in [-0.3, -0.25) is 4.79 Å². The van der Waals surface area contributed by atoms with Gasteiger partial charge in [0.15, 0.2) is 0 Å². The quantitative estimate of drug-likeness (QED) is 0.648. The van der Waals surface area contributed by atoms with Crippen molar-refractivity contribution >= 4 is 17.7 Å². The molecule has 6 nitrogen and oxygen atoms in total. The molecule has 0 unspecified atom stereocenters. The Kier molecular flexibility index (Phi) is 5.04. The first-order valence-electron chi connectivity index (χ1n) is 5.31. The van der Waals surface area contributed by atoms with Crippen LogP contribution >= 0.6 is 0 Å². The molecular weight excluding hydrogens is 206 g/mol. The maximum absolute atomic E-state index is 11.3. The van der Waals surface area contributed by atoms with E-state index in [0.717, 1.165) is 13.0 Å². The smallest absolute Gasteiger partial charge is 0.221 e. The van der Waals surface area contributed by atoms with E-state index in [2.05, 4.69) is 20.6 Å². The lowest BCUT2D eigenvalue weighted by atomic mass is 10.3. The Morgan fingerprint density at radius 1 is 1.50 bits per heavy atom. The Hall–Kier alpha value is -1.85. The highest BCUT2D eigenvalue weighted by Gasteiger charge is 2.00. The number of amides is 1. The second-order valence-corrected chi connectivity index (χ2v) is 3.33. The highest BCUT2D eigenvalue weighted by atomic mass is 16.1. The van der Waals surface area contributed by atoms with Crippen LogP contribution in [0.5, 0.6) is 0 Å². The number of hydrogen-bond donors (Lipinski definition) is 3. The summed E-state index contributed by atoms with van der Waals surface area (Å²) in [7, 11) is 0. The summed E-state index contributed by atoms with van der Waals surface area (Å²) in [5.41, 5.74) is 5.41. The van der Waals surface area contributed by atoms with Crippen molar-refractivity contribution < 1.29 is 4.79 Å². The summed E-state index contributed by atoms with van der Waals surface area (Å²) in [6.45, 7) is 3.27. The fraction of sp³-hybridized carbons (Fsp3) is 0.500. The predicted octanol–water partition coefficient (Wildman–Crippen LogP) is 0.387. The Morgan fingerprint density at radius 3 is 3.00 bits per heavy atom. The van der Waals surface area contributed by atoms with Gasteiger partial charge in [-0.2, -0.15) is 4.98 Å². The summed E-state index contributed by atoms with van der Waals surface area (Å²) in [6, 6.07) is 1.71. The van der Waals surface area contributed by atoms with Crippen LogP contribution in [0.15, 0.2) is 12.3 Å². The highest BCUT2D eigenvalue weighted by Crippen LogP contribution is 2.02. The zero-order chi connectivity index (χ0) is 11.8. The van der Waals surface area contributed by atoms with Gasteiger partial charge in [-0.1, -0.05) is 6.92 Å². The summed E-state index contributed by atoms with van der Waals surface area (Å²) in [5.74, 6) is 0.896. The van der Waals surface area contributed by atoms with Gasteiger partial charge in [0.05, 0.1) is 0 Å². The molecule has 0 fully saturated rings. The molecule has 0 aliphatic rings. The van der Waals surface area contributed by atoms with Gasteiger partial charge < -0.3 is 16.4 Å². The molecular formula is C10H17N5O. The molecule has 0 bridgehead atoms. The Morgan fingerprint density at radius 2 is 2.31 bits per heavy atom. The van der Waals surface area contributed by atoms with Crippen molar-refractivity contribution in [2.24, 2.45) is 0 Å². The van der Waals surface area contributed by atoms with Crippen LogP contribution in [0.4, 0.5) is 11.8 Å². The molecule has 16 heavy (non-hydrogen) atoms. The first kappa shape index (κ1) is 12.2. The molecule has 1 amide bonds. The van der Waals surface area contributed by atoms with Crippen LogP contribution in [0.1, 0.15) is 19.8 Å². The number of nitrogens with one attached hydrogen (secondary N) is 2. The summed E-state index contributed by atoms with van der Waals surface area (Å²) in [6.07, 6.45) is 2.94. The summed E-state index contributed by atoms with van der Waals surface area (Å²) < 4.78 is 0. The van der Waals surface area contributed by atoms with Crippen LogP contribution in [-0.2, 0) is 4.79 Å². The monoisotopic (exact) mass is 223 g/mol. The van der Waals surface area contributed by atoms with Crippen molar-refractivity contribution in [3.05, 3.63) is 12.3 Å². The van der Waals surface area contributed by atoms with E-state index in [4.69, 9.17) is 5.73 Å². The first-order valence-corrected chi connectivity index (χ1v) is 5.31. The second-order valence-electron chi connectivity index (χ2n) is 3.33. The van der Waals surface area contributed by atoms with Crippen molar-refractivity contribution in [2.45, 2.75) is 19.8 Å². The molecule has 0 saturated heterocycles. The molecule has 0 aliphatic heterocycles. The van der Waals surface area contributed by atoms with Gasteiger partial charge in [0.25, 0.3) is 0 Å². The zero-order valence-corrected chi connectivity index (χ0v) is 9.36. The third-order valence-electron chi connectivity index (χ3n) is 1.90. The lowest BCUT2D eigenvalue weighted by molar-refractivity contribution is -0.120. The average molecular weight is 223 g/mol. The van der Waals surface area contributed by atoms with Crippen molar-refractivity contribution in [1.29, 1.82) is 0 Å². The van der Waals surface area contributed by atoms with Crippen LogP contribution in [0.2, 0.25) is 0 Å². The molecule has 1 aromatic heterocycles. The lowest BCUT2D eigenvalue weighted by Crippen LogP contribution is -2.26. The maximum atomic E-state index is 11.3. The maximum Gasteiger partial charge on any atom is 0.221 e. The largest absolute Gasteiger partial charge is 0.369 e.